The lowest BCUT2D eigenvalue weighted by molar-refractivity contribution is 0.151. The Morgan fingerprint density at radius 3 is 2.92 bits per heavy atom. The minimum atomic E-state index is -0.932. The van der Waals surface area contributed by atoms with E-state index in [1.54, 1.807) is 10.9 Å². The van der Waals surface area contributed by atoms with Gasteiger partial charge in [-0.25, -0.2) is 9.37 Å². The predicted molar refractivity (Wildman–Crippen MR) is 92.1 cm³/mol. The SMILES string of the molecule is Cn1cc(-c2nc(NC3CCCCC3N)c(F)c3c2C(O)NC3)cn1. The number of hydrogen-bond donors (Lipinski definition) is 4. The quantitative estimate of drug-likeness (QED) is 0.670. The van der Waals surface area contributed by atoms with E-state index in [2.05, 4.69) is 20.7 Å². The van der Waals surface area contributed by atoms with Crippen molar-refractivity contribution in [2.75, 3.05) is 5.32 Å². The van der Waals surface area contributed by atoms with E-state index in [1.807, 2.05) is 13.2 Å². The van der Waals surface area contributed by atoms with E-state index in [-0.39, 0.29) is 24.4 Å². The molecule has 0 aromatic carbocycles. The number of aliphatic hydroxyl groups excluding tert-OH is 1. The molecule has 3 unspecified atom stereocenters. The van der Waals surface area contributed by atoms with Crippen LogP contribution in [0.5, 0.6) is 0 Å². The first-order valence-corrected chi connectivity index (χ1v) is 8.69. The summed E-state index contributed by atoms with van der Waals surface area (Å²) in [6.07, 6.45) is 6.56. The molecular weight excluding hydrogens is 323 g/mol. The molecule has 0 saturated heterocycles. The summed E-state index contributed by atoms with van der Waals surface area (Å²) in [7, 11) is 1.81. The van der Waals surface area contributed by atoms with Gasteiger partial charge < -0.3 is 16.2 Å². The summed E-state index contributed by atoms with van der Waals surface area (Å²) in [6.45, 7) is 0.267. The summed E-state index contributed by atoms with van der Waals surface area (Å²) in [6, 6.07) is 0.00333. The fraction of sp³-hybridized carbons (Fsp3) is 0.529. The zero-order valence-electron chi connectivity index (χ0n) is 14.2. The molecule has 7 nitrogen and oxygen atoms in total. The molecule has 4 rings (SSSR count). The molecule has 3 heterocycles. The number of fused-ring (bicyclic) bond motifs is 1. The lowest BCUT2D eigenvalue weighted by atomic mass is 9.91. The number of aryl methyl sites for hydroxylation is 1. The van der Waals surface area contributed by atoms with Crippen LogP contribution in [0.25, 0.3) is 11.3 Å². The van der Waals surface area contributed by atoms with E-state index in [1.165, 1.54) is 0 Å². The van der Waals surface area contributed by atoms with Crippen LogP contribution in [0.15, 0.2) is 12.4 Å². The molecule has 0 amide bonds. The summed E-state index contributed by atoms with van der Waals surface area (Å²) >= 11 is 0. The number of nitrogens with two attached hydrogens (primary N) is 1. The Kier molecular flexibility index (Phi) is 4.18. The molecule has 0 radical (unpaired) electrons. The minimum absolute atomic E-state index is 0.00578. The number of rotatable bonds is 3. The van der Waals surface area contributed by atoms with Gasteiger partial charge >= 0.3 is 0 Å². The molecule has 1 saturated carbocycles. The third-order valence-electron chi connectivity index (χ3n) is 5.14. The average molecular weight is 346 g/mol. The first-order valence-electron chi connectivity index (χ1n) is 8.69. The van der Waals surface area contributed by atoms with Gasteiger partial charge in [0.05, 0.1) is 11.9 Å². The number of pyridine rings is 1. The smallest absolute Gasteiger partial charge is 0.170 e. The van der Waals surface area contributed by atoms with Crippen molar-refractivity contribution in [2.24, 2.45) is 12.8 Å². The number of nitrogens with one attached hydrogen (secondary N) is 2. The van der Waals surface area contributed by atoms with E-state index < -0.39 is 12.0 Å². The molecular formula is C17H23FN6O. The number of nitrogens with zero attached hydrogens (tertiary/aromatic N) is 3. The number of anilines is 1. The zero-order chi connectivity index (χ0) is 17.6. The number of halogens is 1. The average Bonchev–Trinajstić information content (AvgIpc) is 3.19. The predicted octanol–water partition coefficient (Wildman–Crippen LogP) is 1.40. The molecule has 1 aliphatic heterocycles. The molecule has 2 aliphatic rings. The van der Waals surface area contributed by atoms with E-state index in [4.69, 9.17) is 5.73 Å². The Bertz CT molecular complexity index is 792. The second-order valence-electron chi connectivity index (χ2n) is 6.90. The van der Waals surface area contributed by atoms with Crippen molar-refractivity contribution in [3.05, 3.63) is 29.3 Å². The lowest BCUT2D eigenvalue weighted by Gasteiger charge is -2.30. The second kappa shape index (κ2) is 6.36. The zero-order valence-corrected chi connectivity index (χ0v) is 14.2. The standard InChI is InChI=1S/C17H23FN6O/c1-24-8-9(6-21-24)15-13-10(7-20-17(13)25)14(18)16(23-15)22-12-5-3-2-4-11(12)19/h6,8,11-12,17,20,25H,2-5,7,19H2,1H3,(H,22,23). The van der Waals surface area contributed by atoms with Crippen molar-refractivity contribution in [1.29, 1.82) is 0 Å². The van der Waals surface area contributed by atoms with Crippen LogP contribution in [0.4, 0.5) is 10.2 Å². The Hall–Kier alpha value is -2.03. The third-order valence-corrected chi connectivity index (χ3v) is 5.14. The summed E-state index contributed by atoms with van der Waals surface area (Å²) in [5.41, 5.74) is 8.43. The summed E-state index contributed by atoms with van der Waals surface area (Å²) in [5, 5.41) is 20.5. The van der Waals surface area contributed by atoms with Gasteiger partial charge in [-0.2, -0.15) is 5.10 Å². The maximum Gasteiger partial charge on any atom is 0.170 e. The first-order chi connectivity index (χ1) is 12.0. The van der Waals surface area contributed by atoms with Gasteiger partial charge in [-0.1, -0.05) is 12.8 Å². The van der Waals surface area contributed by atoms with Crippen LogP contribution >= 0.6 is 0 Å². The fourth-order valence-electron chi connectivity index (χ4n) is 3.77. The van der Waals surface area contributed by atoms with Crippen LogP contribution < -0.4 is 16.4 Å². The topological polar surface area (TPSA) is 101 Å². The minimum Gasteiger partial charge on any atom is -0.374 e. The van der Waals surface area contributed by atoms with Gasteiger partial charge in [-0.05, 0) is 12.8 Å². The van der Waals surface area contributed by atoms with Gasteiger partial charge in [0.15, 0.2) is 11.6 Å². The normalized spacial score (nSPS) is 25.8. The van der Waals surface area contributed by atoms with Gasteiger partial charge in [-0.3, -0.25) is 10.00 Å². The highest BCUT2D eigenvalue weighted by Gasteiger charge is 2.32. The van der Waals surface area contributed by atoms with E-state index in [9.17, 15) is 9.50 Å². The molecule has 2 aromatic rings. The molecule has 2 aromatic heterocycles. The Morgan fingerprint density at radius 2 is 2.20 bits per heavy atom. The third kappa shape index (κ3) is 2.90. The molecule has 1 fully saturated rings. The maximum atomic E-state index is 15.0. The fourth-order valence-corrected chi connectivity index (χ4v) is 3.77. The van der Waals surface area contributed by atoms with E-state index in [0.29, 0.717) is 16.8 Å². The lowest BCUT2D eigenvalue weighted by Crippen LogP contribution is -2.43. The van der Waals surface area contributed by atoms with E-state index in [0.717, 1.165) is 31.2 Å². The number of hydrogen-bond acceptors (Lipinski definition) is 6. The van der Waals surface area contributed by atoms with Crippen molar-refractivity contribution in [1.82, 2.24) is 20.1 Å². The van der Waals surface area contributed by atoms with Crippen molar-refractivity contribution >= 4 is 5.82 Å². The molecule has 1 aliphatic carbocycles. The van der Waals surface area contributed by atoms with Gasteiger partial charge in [0.2, 0.25) is 0 Å². The monoisotopic (exact) mass is 346 g/mol. The molecule has 3 atom stereocenters. The van der Waals surface area contributed by atoms with Crippen molar-refractivity contribution in [2.45, 2.75) is 50.5 Å². The Morgan fingerprint density at radius 1 is 1.40 bits per heavy atom. The van der Waals surface area contributed by atoms with Crippen LogP contribution in [0.2, 0.25) is 0 Å². The molecule has 25 heavy (non-hydrogen) atoms. The van der Waals surface area contributed by atoms with Crippen molar-refractivity contribution in [3.63, 3.8) is 0 Å². The Balaban J connectivity index is 1.77. The number of aromatic nitrogens is 3. The highest BCUT2D eigenvalue weighted by atomic mass is 19.1. The number of aliphatic hydroxyl groups is 1. The van der Waals surface area contributed by atoms with Gasteiger partial charge in [0, 0.05) is 48.6 Å². The molecule has 0 bridgehead atoms. The summed E-state index contributed by atoms with van der Waals surface area (Å²) in [5.74, 6) is -0.208. The first kappa shape index (κ1) is 16.4. The van der Waals surface area contributed by atoms with Crippen LogP contribution in [-0.2, 0) is 13.6 Å². The largest absolute Gasteiger partial charge is 0.374 e. The molecule has 5 N–H and O–H groups in total. The van der Waals surface area contributed by atoms with Crippen molar-refractivity contribution < 1.29 is 9.50 Å². The van der Waals surface area contributed by atoms with Crippen LogP contribution in [0.1, 0.15) is 43.0 Å². The van der Waals surface area contributed by atoms with Gasteiger partial charge in [-0.15, -0.1) is 0 Å². The summed E-state index contributed by atoms with van der Waals surface area (Å²) in [4.78, 5) is 4.51. The maximum absolute atomic E-state index is 15.0. The van der Waals surface area contributed by atoms with Crippen LogP contribution in [-0.4, -0.2) is 32.0 Å². The highest BCUT2D eigenvalue weighted by molar-refractivity contribution is 5.68. The van der Waals surface area contributed by atoms with Gasteiger partial charge in [0.25, 0.3) is 0 Å². The van der Waals surface area contributed by atoms with Crippen LogP contribution in [0.3, 0.4) is 0 Å². The van der Waals surface area contributed by atoms with Crippen molar-refractivity contribution in [3.8, 4) is 11.3 Å². The molecule has 134 valence electrons. The molecule has 8 heteroatoms. The Labute approximate surface area is 145 Å². The van der Waals surface area contributed by atoms with E-state index >= 15 is 0 Å². The van der Waals surface area contributed by atoms with Gasteiger partial charge in [0.1, 0.15) is 6.23 Å². The van der Waals surface area contributed by atoms with Crippen LogP contribution in [0, 0.1) is 5.82 Å². The summed E-state index contributed by atoms with van der Waals surface area (Å²) < 4.78 is 16.7. The second-order valence-corrected chi connectivity index (χ2v) is 6.90. The molecule has 0 spiro atoms. The highest BCUT2D eigenvalue weighted by Crippen LogP contribution is 2.37.